The third-order valence-corrected chi connectivity index (χ3v) is 5.32. The minimum absolute atomic E-state index is 0.0271. The molecule has 0 aliphatic heterocycles. The monoisotopic (exact) mass is 442 g/mol. The molecular formula is C25H34N2O5. The van der Waals surface area contributed by atoms with E-state index in [1.807, 2.05) is 57.2 Å². The number of carbonyl (C=O) groups excluding carboxylic acids is 2. The fourth-order valence-electron chi connectivity index (χ4n) is 3.25. The van der Waals surface area contributed by atoms with Gasteiger partial charge in [-0.3, -0.25) is 9.59 Å². The number of amides is 2. The molecule has 2 rings (SSSR count). The molecule has 174 valence electrons. The van der Waals surface area contributed by atoms with E-state index in [0.29, 0.717) is 17.9 Å². The van der Waals surface area contributed by atoms with Crippen molar-refractivity contribution < 1.29 is 23.8 Å². The molecule has 2 atom stereocenters. The van der Waals surface area contributed by atoms with Crippen LogP contribution in [0.1, 0.15) is 39.2 Å². The lowest BCUT2D eigenvalue weighted by Crippen LogP contribution is -2.51. The average Bonchev–Trinajstić information content (AvgIpc) is 2.82. The highest BCUT2D eigenvalue weighted by atomic mass is 16.5. The average molecular weight is 443 g/mol. The predicted molar refractivity (Wildman–Crippen MR) is 124 cm³/mol. The second-order valence-electron chi connectivity index (χ2n) is 7.55. The zero-order valence-corrected chi connectivity index (χ0v) is 19.6. The molecular weight excluding hydrogens is 408 g/mol. The molecule has 0 aliphatic carbocycles. The molecule has 2 amide bonds. The van der Waals surface area contributed by atoms with Crippen LogP contribution in [0, 0.1) is 0 Å². The second kappa shape index (κ2) is 12.6. The first-order chi connectivity index (χ1) is 15.4. The zero-order valence-electron chi connectivity index (χ0n) is 19.6. The van der Waals surface area contributed by atoms with Gasteiger partial charge in [-0.25, -0.2) is 0 Å². The fourth-order valence-corrected chi connectivity index (χ4v) is 3.25. The lowest BCUT2D eigenvalue weighted by atomic mass is 10.1. The minimum atomic E-state index is -0.611. The van der Waals surface area contributed by atoms with Gasteiger partial charge in [0.05, 0.1) is 14.2 Å². The van der Waals surface area contributed by atoms with E-state index in [2.05, 4.69) is 5.32 Å². The minimum Gasteiger partial charge on any atom is -0.497 e. The molecule has 0 heterocycles. The van der Waals surface area contributed by atoms with E-state index in [9.17, 15) is 9.59 Å². The molecule has 0 fully saturated rings. The van der Waals surface area contributed by atoms with Gasteiger partial charge in [-0.05, 0) is 49.6 Å². The Morgan fingerprint density at radius 3 is 2.16 bits per heavy atom. The Kier molecular flexibility index (Phi) is 9.85. The standard InChI is InChI=1S/C25H34N2O5/c1-6-18(3)26-25(29)21(7-2)27(16-19-12-14-20(30-4)15-13-19)24(28)17-32-23-11-9-8-10-22(23)31-5/h8-15,18,21H,6-7,16-17H2,1-5H3,(H,26,29)/t18-,21-/m1/s1. The van der Waals surface area contributed by atoms with Crippen molar-refractivity contribution in [1.82, 2.24) is 10.2 Å². The number of benzene rings is 2. The number of methoxy groups -OCH3 is 2. The number of rotatable bonds is 12. The Morgan fingerprint density at radius 1 is 0.938 bits per heavy atom. The van der Waals surface area contributed by atoms with Crippen LogP contribution in [0.15, 0.2) is 48.5 Å². The van der Waals surface area contributed by atoms with Gasteiger partial charge in [0.15, 0.2) is 18.1 Å². The molecule has 0 radical (unpaired) electrons. The van der Waals surface area contributed by atoms with E-state index in [0.717, 1.165) is 17.7 Å². The SMILES string of the molecule is CC[C@@H](C)NC(=O)[C@@H](CC)N(Cc1ccc(OC)cc1)C(=O)COc1ccccc1OC. The molecule has 7 heteroatoms. The van der Waals surface area contributed by atoms with Crippen molar-refractivity contribution >= 4 is 11.8 Å². The summed E-state index contributed by atoms with van der Waals surface area (Å²) in [5, 5.41) is 3.00. The topological polar surface area (TPSA) is 77.1 Å². The smallest absolute Gasteiger partial charge is 0.261 e. The van der Waals surface area contributed by atoms with Crippen molar-refractivity contribution in [2.45, 2.75) is 52.2 Å². The van der Waals surface area contributed by atoms with Crippen LogP contribution in [-0.4, -0.2) is 49.6 Å². The van der Waals surface area contributed by atoms with Crippen molar-refractivity contribution in [3.63, 3.8) is 0 Å². The molecule has 0 unspecified atom stereocenters. The molecule has 2 aromatic carbocycles. The maximum atomic E-state index is 13.3. The van der Waals surface area contributed by atoms with Gasteiger partial charge < -0.3 is 24.4 Å². The van der Waals surface area contributed by atoms with Gasteiger partial charge in [0.1, 0.15) is 11.8 Å². The Labute approximate surface area is 190 Å². The van der Waals surface area contributed by atoms with Gasteiger partial charge >= 0.3 is 0 Å². The maximum Gasteiger partial charge on any atom is 0.261 e. The lowest BCUT2D eigenvalue weighted by molar-refractivity contribution is -0.143. The molecule has 7 nitrogen and oxygen atoms in total. The fraction of sp³-hybridized carbons (Fsp3) is 0.440. The van der Waals surface area contributed by atoms with E-state index in [-0.39, 0.29) is 31.0 Å². The van der Waals surface area contributed by atoms with E-state index in [1.165, 1.54) is 0 Å². The summed E-state index contributed by atoms with van der Waals surface area (Å²) in [7, 11) is 3.15. The summed E-state index contributed by atoms with van der Waals surface area (Å²) in [4.78, 5) is 27.8. The number of hydrogen-bond donors (Lipinski definition) is 1. The summed E-state index contributed by atoms with van der Waals surface area (Å²) < 4.78 is 16.3. The van der Waals surface area contributed by atoms with E-state index < -0.39 is 6.04 Å². The highest BCUT2D eigenvalue weighted by molar-refractivity contribution is 5.88. The molecule has 32 heavy (non-hydrogen) atoms. The molecule has 1 N–H and O–H groups in total. The van der Waals surface area contributed by atoms with Crippen LogP contribution < -0.4 is 19.5 Å². The molecule has 0 aromatic heterocycles. The van der Waals surface area contributed by atoms with Crippen molar-refractivity contribution in [3.05, 3.63) is 54.1 Å². The van der Waals surface area contributed by atoms with Crippen molar-refractivity contribution in [1.29, 1.82) is 0 Å². The maximum absolute atomic E-state index is 13.3. The van der Waals surface area contributed by atoms with E-state index in [4.69, 9.17) is 14.2 Å². The number of nitrogens with one attached hydrogen (secondary N) is 1. The quantitative estimate of drug-likeness (QED) is 0.541. The molecule has 2 aromatic rings. The second-order valence-corrected chi connectivity index (χ2v) is 7.55. The lowest BCUT2D eigenvalue weighted by Gasteiger charge is -2.31. The highest BCUT2D eigenvalue weighted by Crippen LogP contribution is 2.26. The highest BCUT2D eigenvalue weighted by Gasteiger charge is 2.29. The predicted octanol–water partition coefficient (Wildman–Crippen LogP) is 3.80. The van der Waals surface area contributed by atoms with Crippen LogP contribution in [-0.2, 0) is 16.1 Å². The normalized spacial score (nSPS) is 12.4. The van der Waals surface area contributed by atoms with Crippen LogP contribution in [0.2, 0.25) is 0 Å². The number of carbonyl (C=O) groups is 2. The molecule has 0 aliphatic rings. The Morgan fingerprint density at radius 2 is 1.59 bits per heavy atom. The van der Waals surface area contributed by atoms with Crippen molar-refractivity contribution in [2.75, 3.05) is 20.8 Å². The number of hydrogen-bond acceptors (Lipinski definition) is 5. The molecule has 0 saturated carbocycles. The van der Waals surface area contributed by atoms with Crippen molar-refractivity contribution in [2.24, 2.45) is 0 Å². The van der Waals surface area contributed by atoms with E-state index >= 15 is 0 Å². The van der Waals surface area contributed by atoms with Crippen LogP contribution >= 0.6 is 0 Å². The largest absolute Gasteiger partial charge is 0.497 e. The number of ether oxygens (including phenoxy) is 3. The van der Waals surface area contributed by atoms with Gasteiger partial charge in [0.25, 0.3) is 5.91 Å². The summed E-state index contributed by atoms with van der Waals surface area (Å²) in [5.74, 6) is 1.31. The van der Waals surface area contributed by atoms with Gasteiger partial charge in [-0.1, -0.05) is 38.1 Å². The third-order valence-electron chi connectivity index (χ3n) is 5.32. The molecule has 0 saturated heterocycles. The summed E-state index contributed by atoms with van der Waals surface area (Å²) in [5.41, 5.74) is 0.895. The van der Waals surface area contributed by atoms with Gasteiger partial charge in [-0.2, -0.15) is 0 Å². The number of nitrogens with zero attached hydrogens (tertiary/aromatic N) is 1. The van der Waals surface area contributed by atoms with Gasteiger partial charge in [0.2, 0.25) is 5.91 Å². The Bertz CT molecular complexity index is 869. The van der Waals surface area contributed by atoms with Gasteiger partial charge in [-0.15, -0.1) is 0 Å². The summed E-state index contributed by atoms with van der Waals surface area (Å²) in [6.45, 7) is 5.93. The first-order valence-electron chi connectivity index (χ1n) is 10.9. The summed E-state index contributed by atoms with van der Waals surface area (Å²) in [6.07, 6.45) is 1.30. The molecule has 0 spiro atoms. The van der Waals surface area contributed by atoms with Crippen LogP contribution in [0.25, 0.3) is 0 Å². The van der Waals surface area contributed by atoms with Crippen molar-refractivity contribution in [3.8, 4) is 17.2 Å². The van der Waals surface area contributed by atoms with Crippen LogP contribution in [0.4, 0.5) is 0 Å². The number of para-hydroxylation sites is 2. The third kappa shape index (κ3) is 6.90. The first kappa shape index (κ1) is 25.0. The summed E-state index contributed by atoms with van der Waals surface area (Å²) >= 11 is 0. The van der Waals surface area contributed by atoms with Crippen LogP contribution in [0.3, 0.4) is 0 Å². The molecule has 0 bridgehead atoms. The van der Waals surface area contributed by atoms with E-state index in [1.54, 1.807) is 31.3 Å². The van der Waals surface area contributed by atoms with Gasteiger partial charge in [0, 0.05) is 12.6 Å². The first-order valence-corrected chi connectivity index (χ1v) is 10.9. The zero-order chi connectivity index (χ0) is 23.5. The Balaban J connectivity index is 2.23. The Hall–Kier alpha value is -3.22. The summed E-state index contributed by atoms with van der Waals surface area (Å²) in [6, 6.07) is 14.0. The van der Waals surface area contributed by atoms with Crippen LogP contribution in [0.5, 0.6) is 17.2 Å².